The SMILES string of the molecule is COc1ccc(C)cc1C[S@](=O)Cc1nsc(N(C)C)n1. The Morgan fingerprint density at radius 1 is 1.33 bits per heavy atom. The summed E-state index contributed by atoms with van der Waals surface area (Å²) >= 11 is 1.32. The Balaban J connectivity index is 2.06. The van der Waals surface area contributed by atoms with Crippen molar-refractivity contribution in [3.8, 4) is 5.75 Å². The van der Waals surface area contributed by atoms with Gasteiger partial charge in [0.05, 0.1) is 18.6 Å². The van der Waals surface area contributed by atoms with Crippen LogP contribution in [-0.4, -0.2) is 34.8 Å². The molecule has 21 heavy (non-hydrogen) atoms. The lowest BCUT2D eigenvalue weighted by Gasteiger charge is -2.09. The molecule has 114 valence electrons. The van der Waals surface area contributed by atoms with Crippen molar-refractivity contribution >= 4 is 27.5 Å². The third-order valence-electron chi connectivity index (χ3n) is 2.88. The van der Waals surface area contributed by atoms with E-state index in [1.807, 2.05) is 44.1 Å². The first-order valence-corrected chi connectivity index (χ1v) is 8.74. The molecule has 0 saturated heterocycles. The van der Waals surface area contributed by atoms with Crippen molar-refractivity contribution in [2.75, 3.05) is 26.1 Å². The summed E-state index contributed by atoms with van der Waals surface area (Å²) in [5, 5.41) is 0.829. The number of hydrogen-bond acceptors (Lipinski definition) is 6. The molecule has 5 nitrogen and oxygen atoms in total. The zero-order chi connectivity index (χ0) is 15.4. The fraction of sp³-hybridized carbons (Fsp3) is 0.429. The summed E-state index contributed by atoms with van der Waals surface area (Å²) in [6, 6.07) is 5.90. The molecule has 1 atom stereocenters. The Morgan fingerprint density at radius 3 is 2.71 bits per heavy atom. The van der Waals surface area contributed by atoms with Crippen LogP contribution in [0, 0.1) is 6.92 Å². The van der Waals surface area contributed by atoms with Crippen molar-refractivity contribution in [3.63, 3.8) is 0 Å². The van der Waals surface area contributed by atoms with Gasteiger partial charge in [0.25, 0.3) is 0 Å². The predicted octanol–water partition coefficient (Wildman–Crippen LogP) is 2.37. The van der Waals surface area contributed by atoms with E-state index in [2.05, 4.69) is 9.36 Å². The molecule has 2 rings (SSSR count). The normalized spacial score (nSPS) is 12.2. The first kappa shape index (κ1) is 15.9. The number of anilines is 1. The molecule has 0 N–H and O–H groups in total. The van der Waals surface area contributed by atoms with Gasteiger partial charge in [-0.05, 0) is 13.0 Å². The van der Waals surface area contributed by atoms with Crippen LogP contribution in [-0.2, 0) is 22.3 Å². The minimum Gasteiger partial charge on any atom is -0.496 e. The van der Waals surface area contributed by atoms with E-state index in [1.54, 1.807) is 7.11 Å². The second-order valence-electron chi connectivity index (χ2n) is 4.93. The molecule has 7 heteroatoms. The zero-order valence-electron chi connectivity index (χ0n) is 12.6. The van der Waals surface area contributed by atoms with E-state index in [9.17, 15) is 4.21 Å². The number of aromatic nitrogens is 2. The second-order valence-corrected chi connectivity index (χ2v) is 7.12. The van der Waals surface area contributed by atoms with Crippen LogP contribution < -0.4 is 9.64 Å². The highest BCUT2D eigenvalue weighted by Crippen LogP contribution is 2.22. The number of nitrogens with zero attached hydrogens (tertiary/aromatic N) is 3. The highest BCUT2D eigenvalue weighted by Gasteiger charge is 2.12. The molecular weight excluding hydrogens is 306 g/mol. The van der Waals surface area contributed by atoms with Gasteiger partial charge < -0.3 is 9.64 Å². The van der Waals surface area contributed by atoms with Gasteiger partial charge in [-0.3, -0.25) is 4.21 Å². The number of rotatable bonds is 6. The van der Waals surface area contributed by atoms with E-state index in [0.717, 1.165) is 22.0 Å². The fourth-order valence-electron chi connectivity index (χ4n) is 1.87. The Hall–Kier alpha value is -1.47. The Bertz CT molecular complexity index is 641. The molecular formula is C14H19N3O2S2. The summed E-state index contributed by atoms with van der Waals surface area (Å²) in [5.41, 5.74) is 2.09. The van der Waals surface area contributed by atoms with Crippen LogP contribution >= 0.6 is 11.5 Å². The maximum Gasteiger partial charge on any atom is 0.204 e. The minimum atomic E-state index is -1.06. The van der Waals surface area contributed by atoms with Crippen LogP contribution in [0.25, 0.3) is 0 Å². The Kier molecular flexibility index (Phi) is 5.30. The lowest BCUT2D eigenvalue weighted by atomic mass is 10.1. The van der Waals surface area contributed by atoms with Crippen molar-refractivity contribution < 1.29 is 8.95 Å². The average molecular weight is 325 g/mol. The second kappa shape index (κ2) is 7.00. The van der Waals surface area contributed by atoms with Gasteiger partial charge in [0, 0.05) is 42.0 Å². The standard InChI is InChI=1S/C14H19N3O2S2/c1-10-5-6-12(19-4)11(7-10)8-21(18)9-13-15-14(17(2)3)20-16-13/h5-7H,8-9H2,1-4H3/t21-/m0/s1. The number of aryl methyl sites for hydroxylation is 1. The summed E-state index contributed by atoms with van der Waals surface area (Å²) in [6.45, 7) is 2.01. The smallest absolute Gasteiger partial charge is 0.204 e. The van der Waals surface area contributed by atoms with Crippen LogP contribution in [0.4, 0.5) is 5.13 Å². The summed E-state index contributed by atoms with van der Waals surface area (Å²) in [6.07, 6.45) is 0. The van der Waals surface area contributed by atoms with Crippen molar-refractivity contribution in [1.29, 1.82) is 0 Å². The third-order valence-corrected chi connectivity index (χ3v) is 5.02. The molecule has 0 amide bonds. The molecule has 0 radical (unpaired) electrons. The van der Waals surface area contributed by atoms with Crippen molar-refractivity contribution in [1.82, 2.24) is 9.36 Å². The molecule has 0 aliphatic carbocycles. The number of benzene rings is 1. The first-order chi connectivity index (χ1) is 9.99. The van der Waals surface area contributed by atoms with Crippen LogP contribution in [0.15, 0.2) is 18.2 Å². The molecule has 2 aromatic rings. The molecule has 0 spiro atoms. The highest BCUT2D eigenvalue weighted by molar-refractivity contribution is 7.83. The molecule has 0 fully saturated rings. The van der Waals surface area contributed by atoms with Crippen LogP contribution in [0.1, 0.15) is 17.0 Å². The molecule has 1 aromatic heterocycles. The average Bonchev–Trinajstić information content (AvgIpc) is 2.87. The Labute approximate surface area is 131 Å². The summed E-state index contributed by atoms with van der Waals surface area (Å²) in [7, 11) is 4.40. The van der Waals surface area contributed by atoms with Crippen LogP contribution in [0.3, 0.4) is 0 Å². The van der Waals surface area contributed by atoms with E-state index in [4.69, 9.17) is 4.74 Å². The van der Waals surface area contributed by atoms with Gasteiger partial charge >= 0.3 is 0 Å². The molecule has 0 bridgehead atoms. The lowest BCUT2D eigenvalue weighted by Crippen LogP contribution is -2.08. The van der Waals surface area contributed by atoms with Gasteiger partial charge in [0.1, 0.15) is 5.75 Å². The van der Waals surface area contributed by atoms with Crippen molar-refractivity contribution in [2.24, 2.45) is 0 Å². The predicted molar refractivity (Wildman–Crippen MR) is 87.5 cm³/mol. The van der Waals surface area contributed by atoms with E-state index >= 15 is 0 Å². The quantitative estimate of drug-likeness (QED) is 0.816. The summed E-state index contributed by atoms with van der Waals surface area (Å²) in [4.78, 5) is 6.26. The Morgan fingerprint density at radius 2 is 2.10 bits per heavy atom. The summed E-state index contributed by atoms with van der Waals surface area (Å²) in [5.74, 6) is 2.21. The first-order valence-electron chi connectivity index (χ1n) is 6.48. The number of hydrogen-bond donors (Lipinski definition) is 0. The van der Waals surface area contributed by atoms with E-state index in [-0.39, 0.29) is 0 Å². The van der Waals surface area contributed by atoms with Gasteiger partial charge in [0.15, 0.2) is 5.82 Å². The monoisotopic (exact) mass is 325 g/mol. The maximum absolute atomic E-state index is 12.3. The molecule has 1 heterocycles. The third kappa shape index (κ3) is 4.25. The van der Waals surface area contributed by atoms with Crippen molar-refractivity contribution in [2.45, 2.75) is 18.4 Å². The summed E-state index contributed by atoms with van der Waals surface area (Å²) < 4.78 is 21.9. The van der Waals surface area contributed by atoms with E-state index in [1.165, 1.54) is 11.5 Å². The molecule has 0 unspecified atom stereocenters. The van der Waals surface area contributed by atoms with Crippen molar-refractivity contribution in [3.05, 3.63) is 35.2 Å². The molecule has 0 saturated carbocycles. The van der Waals surface area contributed by atoms with Gasteiger partial charge in [-0.2, -0.15) is 4.37 Å². The maximum atomic E-state index is 12.3. The fourth-order valence-corrected chi connectivity index (χ4v) is 3.65. The zero-order valence-corrected chi connectivity index (χ0v) is 14.3. The topological polar surface area (TPSA) is 55.3 Å². The van der Waals surface area contributed by atoms with Gasteiger partial charge in [-0.1, -0.05) is 17.7 Å². The van der Waals surface area contributed by atoms with Gasteiger partial charge in [-0.25, -0.2) is 4.98 Å². The van der Waals surface area contributed by atoms with Crippen LogP contribution in [0.5, 0.6) is 5.75 Å². The number of methoxy groups -OCH3 is 1. The van der Waals surface area contributed by atoms with Crippen LogP contribution in [0.2, 0.25) is 0 Å². The van der Waals surface area contributed by atoms with Gasteiger partial charge in [0.2, 0.25) is 5.13 Å². The molecule has 0 aliphatic heterocycles. The molecule has 0 aliphatic rings. The number of ether oxygens (including phenoxy) is 1. The van der Waals surface area contributed by atoms with E-state index < -0.39 is 10.8 Å². The van der Waals surface area contributed by atoms with E-state index in [0.29, 0.717) is 17.3 Å². The molecule has 1 aromatic carbocycles. The minimum absolute atomic E-state index is 0.363. The largest absolute Gasteiger partial charge is 0.496 e. The lowest BCUT2D eigenvalue weighted by molar-refractivity contribution is 0.411. The van der Waals surface area contributed by atoms with Gasteiger partial charge in [-0.15, -0.1) is 0 Å². The highest BCUT2D eigenvalue weighted by atomic mass is 32.2.